The fourth-order valence-corrected chi connectivity index (χ4v) is 2.28. The molecule has 0 bridgehead atoms. The highest BCUT2D eigenvalue weighted by molar-refractivity contribution is 6.62. The van der Waals surface area contributed by atoms with Crippen molar-refractivity contribution in [1.82, 2.24) is 0 Å². The predicted molar refractivity (Wildman–Crippen MR) is 77.7 cm³/mol. The maximum absolute atomic E-state index is 8.93. The molecule has 0 radical (unpaired) electrons. The highest BCUT2D eigenvalue weighted by atomic mass is 16.7. The number of hydrogen-bond acceptors (Lipinski definition) is 5. The summed E-state index contributed by atoms with van der Waals surface area (Å²) in [5.74, 6) is 1.20. The normalized spacial score (nSPS) is 25.5. The van der Waals surface area contributed by atoms with E-state index < -0.39 is 13.2 Å². The van der Waals surface area contributed by atoms with Gasteiger partial charge in [0.15, 0.2) is 11.5 Å². The second kappa shape index (κ2) is 4.65. The zero-order chi connectivity index (χ0) is 15.3. The summed E-state index contributed by atoms with van der Waals surface area (Å²) in [5, 5.41) is 8.93. The van der Waals surface area contributed by atoms with E-state index in [1.54, 1.807) is 0 Å². The molecule has 0 spiro atoms. The Balaban J connectivity index is 1.87. The Morgan fingerprint density at radius 3 is 2.43 bits per heavy atom. The van der Waals surface area contributed by atoms with Crippen LogP contribution in [0.1, 0.15) is 27.7 Å². The molecule has 2 aliphatic rings. The van der Waals surface area contributed by atoms with Gasteiger partial charge >= 0.3 is 7.12 Å². The van der Waals surface area contributed by atoms with Crippen LogP contribution in [0.15, 0.2) is 18.2 Å². The first-order valence-electron chi connectivity index (χ1n) is 7.01. The van der Waals surface area contributed by atoms with Crippen LogP contribution in [0.2, 0.25) is 0 Å². The topological polar surface area (TPSA) is 60.7 Å². The number of rotatable bonds is 1. The average molecular weight is 287 g/mol. The van der Waals surface area contributed by atoms with Crippen LogP contribution < -0.4 is 14.9 Å². The molecule has 1 unspecified atom stereocenters. The molecule has 6 heteroatoms. The molecule has 0 N–H and O–H groups in total. The lowest BCUT2D eigenvalue weighted by molar-refractivity contribution is 0.00578. The molecule has 2 aliphatic heterocycles. The minimum absolute atomic E-state index is 0.249. The SMILES string of the molecule is CC1(C)OB(c2ccc3c(c2)OC(C#N)CO3)OC1(C)C. The van der Waals surface area contributed by atoms with Crippen LogP contribution in [-0.2, 0) is 9.31 Å². The van der Waals surface area contributed by atoms with Gasteiger partial charge in [0.1, 0.15) is 12.7 Å². The van der Waals surface area contributed by atoms with Crippen LogP contribution in [0.25, 0.3) is 0 Å². The van der Waals surface area contributed by atoms with Gasteiger partial charge in [0, 0.05) is 0 Å². The van der Waals surface area contributed by atoms with Crippen LogP contribution in [0, 0.1) is 11.3 Å². The highest BCUT2D eigenvalue weighted by Crippen LogP contribution is 2.37. The molecule has 0 aromatic heterocycles. The van der Waals surface area contributed by atoms with Crippen molar-refractivity contribution in [2.24, 2.45) is 0 Å². The molecular formula is C15H18BNO4. The lowest BCUT2D eigenvalue weighted by Gasteiger charge is -2.32. The van der Waals surface area contributed by atoms with Gasteiger partial charge in [-0.05, 0) is 45.3 Å². The summed E-state index contributed by atoms with van der Waals surface area (Å²) in [5.41, 5.74) is 0.0786. The van der Waals surface area contributed by atoms with Gasteiger partial charge in [0.05, 0.1) is 11.2 Å². The number of hydrogen-bond donors (Lipinski definition) is 0. The van der Waals surface area contributed by atoms with E-state index in [9.17, 15) is 0 Å². The van der Waals surface area contributed by atoms with Crippen molar-refractivity contribution in [3.63, 3.8) is 0 Å². The van der Waals surface area contributed by atoms with Gasteiger partial charge in [-0.15, -0.1) is 0 Å². The molecule has 1 fully saturated rings. The quantitative estimate of drug-likeness (QED) is 0.735. The van der Waals surface area contributed by atoms with Gasteiger partial charge < -0.3 is 18.8 Å². The van der Waals surface area contributed by atoms with E-state index in [-0.39, 0.29) is 17.8 Å². The maximum Gasteiger partial charge on any atom is 0.494 e. The Kier molecular flexibility index (Phi) is 3.16. The van der Waals surface area contributed by atoms with Crippen LogP contribution in [0.5, 0.6) is 11.5 Å². The van der Waals surface area contributed by atoms with Crippen molar-refractivity contribution in [2.75, 3.05) is 6.61 Å². The molecule has 1 aromatic carbocycles. The molecule has 3 rings (SSSR count). The molecule has 1 aromatic rings. The second-order valence-corrected chi connectivity index (χ2v) is 6.34. The summed E-state index contributed by atoms with van der Waals surface area (Å²) in [7, 11) is -0.452. The molecule has 2 heterocycles. The highest BCUT2D eigenvalue weighted by Gasteiger charge is 2.51. The van der Waals surface area contributed by atoms with Crippen molar-refractivity contribution in [2.45, 2.75) is 45.0 Å². The Labute approximate surface area is 124 Å². The van der Waals surface area contributed by atoms with Crippen molar-refractivity contribution >= 4 is 12.6 Å². The molecule has 0 amide bonds. The monoisotopic (exact) mass is 287 g/mol. The van der Waals surface area contributed by atoms with Gasteiger partial charge in [-0.3, -0.25) is 0 Å². The zero-order valence-electron chi connectivity index (χ0n) is 12.7. The van der Waals surface area contributed by atoms with E-state index in [2.05, 4.69) is 6.07 Å². The summed E-state index contributed by atoms with van der Waals surface area (Å²) >= 11 is 0. The Morgan fingerprint density at radius 1 is 1.14 bits per heavy atom. The molecule has 0 aliphatic carbocycles. The van der Waals surface area contributed by atoms with Crippen molar-refractivity contribution < 1.29 is 18.8 Å². The van der Waals surface area contributed by atoms with Gasteiger partial charge in [0.25, 0.3) is 0 Å². The van der Waals surface area contributed by atoms with E-state index in [4.69, 9.17) is 24.0 Å². The molecular weight excluding hydrogens is 269 g/mol. The zero-order valence-corrected chi connectivity index (χ0v) is 12.7. The van der Waals surface area contributed by atoms with Crippen molar-refractivity contribution in [3.05, 3.63) is 18.2 Å². The molecule has 1 saturated heterocycles. The second-order valence-electron chi connectivity index (χ2n) is 6.34. The average Bonchev–Trinajstić information content (AvgIpc) is 2.66. The summed E-state index contributed by atoms with van der Waals surface area (Å²) in [6.07, 6.45) is -0.578. The number of fused-ring (bicyclic) bond motifs is 1. The minimum Gasteiger partial charge on any atom is -0.485 e. The van der Waals surface area contributed by atoms with Gasteiger partial charge in [0.2, 0.25) is 6.10 Å². The molecule has 1 atom stereocenters. The molecule has 5 nitrogen and oxygen atoms in total. The number of nitriles is 1. The van der Waals surface area contributed by atoms with Crippen LogP contribution in [0.3, 0.4) is 0 Å². The van der Waals surface area contributed by atoms with Crippen LogP contribution >= 0.6 is 0 Å². The summed E-state index contributed by atoms with van der Waals surface area (Å²) in [4.78, 5) is 0. The lowest BCUT2D eigenvalue weighted by Crippen LogP contribution is -2.41. The number of benzene rings is 1. The third-order valence-electron chi connectivity index (χ3n) is 4.30. The first-order chi connectivity index (χ1) is 9.82. The van der Waals surface area contributed by atoms with E-state index >= 15 is 0 Å². The van der Waals surface area contributed by atoms with E-state index in [1.807, 2.05) is 45.9 Å². The van der Waals surface area contributed by atoms with E-state index in [0.29, 0.717) is 11.5 Å². The predicted octanol–water partition coefficient (Wildman–Crippen LogP) is 1.65. The molecule has 0 saturated carbocycles. The first kappa shape index (κ1) is 14.2. The minimum atomic E-state index is -0.578. The van der Waals surface area contributed by atoms with Gasteiger partial charge in [-0.1, -0.05) is 6.07 Å². The van der Waals surface area contributed by atoms with Crippen molar-refractivity contribution in [3.8, 4) is 17.6 Å². The smallest absolute Gasteiger partial charge is 0.485 e. The maximum atomic E-state index is 8.93. The molecule has 110 valence electrons. The largest absolute Gasteiger partial charge is 0.494 e. The van der Waals surface area contributed by atoms with Crippen molar-refractivity contribution in [1.29, 1.82) is 5.26 Å². The Bertz CT molecular complexity index is 592. The number of nitrogens with zero attached hydrogens (tertiary/aromatic N) is 1. The third kappa shape index (κ3) is 2.37. The van der Waals surface area contributed by atoms with E-state index in [1.165, 1.54) is 0 Å². The fraction of sp³-hybridized carbons (Fsp3) is 0.533. The van der Waals surface area contributed by atoms with Gasteiger partial charge in [-0.25, -0.2) is 0 Å². The third-order valence-corrected chi connectivity index (χ3v) is 4.30. The van der Waals surface area contributed by atoms with E-state index in [0.717, 1.165) is 5.46 Å². The fourth-order valence-electron chi connectivity index (χ4n) is 2.28. The molecule has 21 heavy (non-hydrogen) atoms. The Morgan fingerprint density at radius 2 is 1.81 bits per heavy atom. The first-order valence-corrected chi connectivity index (χ1v) is 7.01. The van der Waals surface area contributed by atoms with Crippen LogP contribution in [-0.4, -0.2) is 31.0 Å². The van der Waals surface area contributed by atoms with Crippen LogP contribution in [0.4, 0.5) is 0 Å². The summed E-state index contributed by atoms with van der Waals surface area (Å²) in [6.45, 7) is 8.29. The lowest BCUT2D eigenvalue weighted by atomic mass is 9.79. The Hall–Kier alpha value is -1.71. The number of ether oxygens (including phenoxy) is 2. The summed E-state index contributed by atoms with van der Waals surface area (Å²) < 4.78 is 23.1. The van der Waals surface area contributed by atoms with Gasteiger partial charge in [-0.2, -0.15) is 5.26 Å². The standard InChI is InChI=1S/C15H18BNO4/c1-14(2)15(3,4)21-16(20-14)10-5-6-12-13(7-10)19-11(8-17)9-18-12/h5-7,11H,9H2,1-4H3. The summed E-state index contributed by atoms with van der Waals surface area (Å²) in [6, 6.07) is 7.59.